The summed E-state index contributed by atoms with van der Waals surface area (Å²) in [6.07, 6.45) is 1.72. The van der Waals surface area contributed by atoms with Gasteiger partial charge in [0.1, 0.15) is 0 Å². The third kappa shape index (κ3) is 2.28. The van der Waals surface area contributed by atoms with Crippen LogP contribution in [0, 0.1) is 0 Å². The van der Waals surface area contributed by atoms with Crippen molar-refractivity contribution >= 4 is 17.5 Å². The van der Waals surface area contributed by atoms with E-state index in [0.717, 1.165) is 0 Å². The van der Waals surface area contributed by atoms with E-state index < -0.39 is 11.9 Å². The van der Waals surface area contributed by atoms with E-state index in [1.54, 1.807) is 28.8 Å². The van der Waals surface area contributed by atoms with Gasteiger partial charge < -0.3 is 9.47 Å². The molecule has 0 aliphatic carbocycles. The van der Waals surface area contributed by atoms with Gasteiger partial charge in [-0.05, 0) is 12.1 Å². The normalized spacial score (nSPS) is 10.2. The summed E-state index contributed by atoms with van der Waals surface area (Å²) in [6.45, 7) is 2.63. The fourth-order valence-electron chi connectivity index (χ4n) is 1.55. The molecule has 2 aromatic rings. The van der Waals surface area contributed by atoms with Crippen molar-refractivity contribution in [2.45, 2.75) is 13.8 Å². The molecule has 0 aliphatic rings. The third-order valence-electron chi connectivity index (χ3n) is 2.11. The Kier molecular flexibility index (Phi) is 2.82. The Morgan fingerprint density at radius 2 is 1.82 bits per heavy atom. The lowest BCUT2D eigenvalue weighted by molar-refractivity contribution is -0.132. The largest absolute Gasteiger partial charge is 0.424 e. The van der Waals surface area contributed by atoms with Crippen molar-refractivity contribution in [3.8, 4) is 11.6 Å². The molecule has 5 heteroatoms. The second-order valence-corrected chi connectivity index (χ2v) is 3.49. The Hall–Kier alpha value is -2.30. The maximum absolute atomic E-state index is 10.9. The number of nitrogens with zero attached hydrogens (tertiary/aromatic N) is 1. The molecule has 2 rings (SSSR count). The quantitative estimate of drug-likeness (QED) is 0.742. The highest BCUT2D eigenvalue weighted by Gasteiger charge is 2.13. The first-order valence-electron chi connectivity index (χ1n) is 5.05. The average molecular weight is 233 g/mol. The number of carbonyl (C=O) groups excluding carboxylic acids is 2. The third-order valence-corrected chi connectivity index (χ3v) is 2.11. The highest BCUT2D eigenvalue weighted by atomic mass is 16.6. The summed E-state index contributed by atoms with van der Waals surface area (Å²) >= 11 is 0. The molecular formula is C12H11NO4. The van der Waals surface area contributed by atoms with E-state index in [0.29, 0.717) is 17.1 Å². The van der Waals surface area contributed by atoms with Crippen LogP contribution in [0.2, 0.25) is 0 Å². The summed E-state index contributed by atoms with van der Waals surface area (Å²) < 4.78 is 11.7. The molecule has 0 saturated carbocycles. The molecule has 0 N–H and O–H groups in total. The van der Waals surface area contributed by atoms with Crippen LogP contribution >= 0.6 is 0 Å². The second-order valence-electron chi connectivity index (χ2n) is 3.49. The van der Waals surface area contributed by atoms with Gasteiger partial charge in [-0.1, -0.05) is 6.07 Å². The summed E-state index contributed by atoms with van der Waals surface area (Å²) in [7, 11) is 0. The molecule has 0 radical (unpaired) electrons. The first-order valence-corrected chi connectivity index (χ1v) is 5.05. The molecule has 0 unspecified atom stereocenters. The van der Waals surface area contributed by atoms with E-state index in [9.17, 15) is 9.59 Å². The summed E-state index contributed by atoms with van der Waals surface area (Å²) in [5.41, 5.74) is 0.666. The lowest BCUT2D eigenvalue weighted by atomic mass is 10.4. The molecule has 0 saturated heterocycles. The van der Waals surface area contributed by atoms with E-state index in [1.165, 1.54) is 19.9 Å². The Labute approximate surface area is 97.6 Å². The van der Waals surface area contributed by atoms with Crippen molar-refractivity contribution in [3.05, 3.63) is 30.5 Å². The van der Waals surface area contributed by atoms with Crippen molar-refractivity contribution in [3.63, 3.8) is 0 Å². The zero-order valence-electron chi connectivity index (χ0n) is 9.47. The molecule has 0 bridgehead atoms. The zero-order chi connectivity index (χ0) is 12.4. The molecule has 88 valence electrons. The molecule has 0 fully saturated rings. The molecule has 0 spiro atoms. The van der Waals surface area contributed by atoms with Gasteiger partial charge in [0.15, 0.2) is 5.75 Å². The Balaban J connectivity index is 2.53. The first kappa shape index (κ1) is 11.2. The van der Waals surface area contributed by atoms with Crippen LogP contribution in [0.15, 0.2) is 30.5 Å². The van der Waals surface area contributed by atoms with E-state index in [1.807, 2.05) is 0 Å². The van der Waals surface area contributed by atoms with Gasteiger partial charge in [0.2, 0.25) is 5.88 Å². The van der Waals surface area contributed by atoms with Crippen LogP contribution in [-0.2, 0) is 9.59 Å². The maximum atomic E-state index is 10.9. The highest BCUT2D eigenvalue weighted by Crippen LogP contribution is 2.29. The molecule has 0 aliphatic heterocycles. The van der Waals surface area contributed by atoms with Crippen LogP contribution < -0.4 is 9.47 Å². The van der Waals surface area contributed by atoms with Crippen LogP contribution in [0.25, 0.3) is 5.52 Å². The first-order chi connectivity index (χ1) is 8.08. The lowest BCUT2D eigenvalue weighted by Gasteiger charge is -2.00. The number of fused-ring (bicyclic) bond motifs is 1. The van der Waals surface area contributed by atoms with Crippen LogP contribution in [0.3, 0.4) is 0 Å². The lowest BCUT2D eigenvalue weighted by Crippen LogP contribution is -2.03. The molecule has 0 atom stereocenters. The van der Waals surface area contributed by atoms with Gasteiger partial charge >= 0.3 is 11.9 Å². The predicted molar refractivity (Wildman–Crippen MR) is 60.0 cm³/mol. The molecule has 2 aromatic heterocycles. The molecule has 0 aromatic carbocycles. The van der Waals surface area contributed by atoms with E-state index in [4.69, 9.17) is 9.47 Å². The van der Waals surface area contributed by atoms with Crippen molar-refractivity contribution in [1.82, 2.24) is 4.40 Å². The summed E-state index contributed by atoms with van der Waals surface area (Å²) in [6, 6.07) is 6.88. The molecule has 2 heterocycles. The van der Waals surface area contributed by atoms with E-state index >= 15 is 0 Å². The highest BCUT2D eigenvalue weighted by molar-refractivity contribution is 5.76. The van der Waals surface area contributed by atoms with Gasteiger partial charge in [-0.2, -0.15) is 0 Å². The standard InChI is InChI=1S/C12H11NO4/c1-8(14)16-11-7-12(17-9(2)15)13-6-4-3-5-10(11)13/h3-7H,1-2H3. The van der Waals surface area contributed by atoms with Gasteiger partial charge in [0.05, 0.1) is 5.52 Å². The topological polar surface area (TPSA) is 57.0 Å². The van der Waals surface area contributed by atoms with Gasteiger partial charge in [-0.3, -0.25) is 14.0 Å². The van der Waals surface area contributed by atoms with E-state index in [2.05, 4.69) is 0 Å². The maximum Gasteiger partial charge on any atom is 0.309 e. The Morgan fingerprint density at radius 3 is 2.47 bits per heavy atom. The Morgan fingerprint density at radius 1 is 1.12 bits per heavy atom. The fourth-order valence-corrected chi connectivity index (χ4v) is 1.55. The smallest absolute Gasteiger partial charge is 0.309 e. The van der Waals surface area contributed by atoms with Gasteiger partial charge in [-0.15, -0.1) is 0 Å². The summed E-state index contributed by atoms with van der Waals surface area (Å²) in [5.74, 6) is -0.156. The monoisotopic (exact) mass is 233 g/mol. The van der Waals surface area contributed by atoms with Crippen molar-refractivity contribution in [2.24, 2.45) is 0 Å². The van der Waals surface area contributed by atoms with Gasteiger partial charge in [0, 0.05) is 26.1 Å². The number of hydrogen-bond donors (Lipinski definition) is 0. The predicted octanol–water partition coefficient (Wildman–Crippen LogP) is 1.79. The molecule has 0 amide bonds. The van der Waals surface area contributed by atoms with Crippen LogP contribution in [0.5, 0.6) is 11.6 Å². The number of esters is 2. The number of pyridine rings is 1. The van der Waals surface area contributed by atoms with E-state index in [-0.39, 0.29) is 0 Å². The van der Waals surface area contributed by atoms with Crippen LogP contribution in [-0.4, -0.2) is 16.3 Å². The molecular weight excluding hydrogens is 222 g/mol. The number of hydrogen-bond acceptors (Lipinski definition) is 4. The van der Waals surface area contributed by atoms with Gasteiger partial charge in [-0.25, -0.2) is 0 Å². The minimum Gasteiger partial charge on any atom is -0.424 e. The summed E-state index contributed by atoms with van der Waals surface area (Å²) in [5, 5.41) is 0. The van der Waals surface area contributed by atoms with Crippen molar-refractivity contribution < 1.29 is 19.1 Å². The zero-order valence-corrected chi connectivity index (χ0v) is 9.47. The number of ether oxygens (including phenoxy) is 2. The van der Waals surface area contributed by atoms with Crippen LogP contribution in [0.4, 0.5) is 0 Å². The van der Waals surface area contributed by atoms with Crippen molar-refractivity contribution in [2.75, 3.05) is 0 Å². The van der Waals surface area contributed by atoms with Crippen molar-refractivity contribution in [1.29, 1.82) is 0 Å². The van der Waals surface area contributed by atoms with Gasteiger partial charge in [0.25, 0.3) is 0 Å². The number of aromatic nitrogens is 1. The SMILES string of the molecule is CC(=O)Oc1cc(OC(C)=O)n2ccccc12. The van der Waals surface area contributed by atoms with Crippen LogP contribution in [0.1, 0.15) is 13.8 Å². The minimum absolute atomic E-state index is 0.323. The fraction of sp³-hybridized carbons (Fsp3) is 0.167. The Bertz CT molecular complexity index is 535. The molecule has 5 nitrogen and oxygen atoms in total. The average Bonchev–Trinajstić information content (AvgIpc) is 2.56. The minimum atomic E-state index is -0.428. The number of rotatable bonds is 2. The summed E-state index contributed by atoms with van der Waals surface area (Å²) in [4.78, 5) is 21.9. The number of carbonyl (C=O) groups is 2. The molecule has 17 heavy (non-hydrogen) atoms. The second kappa shape index (κ2) is 4.29.